The molecule has 0 aromatic rings. The van der Waals surface area contributed by atoms with E-state index in [9.17, 15) is 13.2 Å². The highest BCUT2D eigenvalue weighted by molar-refractivity contribution is 8.00. The van der Waals surface area contributed by atoms with E-state index in [4.69, 9.17) is 0 Å². The summed E-state index contributed by atoms with van der Waals surface area (Å²) in [5.74, 6) is 1.87. The zero-order chi connectivity index (χ0) is 13.2. The number of hydrogen-bond acceptors (Lipinski definition) is 2. The SMILES string of the molecule is CCCNCC1(CCSC(F)(F)F)CC2CC2C1. The van der Waals surface area contributed by atoms with Crippen molar-refractivity contribution in [3.05, 3.63) is 0 Å². The van der Waals surface area contributed by atoms with E-state index < -0.39 is 5.51 Å². The van der Waals surface area contributed by atoms with Crippen molar-refractivity contribution in [3.8, 4) is 0 Å². The highest BCUT2D eigenvalue weighted by atomic mass is 32.2. The molecule has 2 rings (SSSR count). The molecule has 0 aromatic heterocycles. The monoisotopic (exact) mass is 281 g/mol. The Morgan fingerprint density at radius 2 is 1.94 bits per heavy atom. The summed E-state index contributed by atoms with van der Waals surface area (Å²) in [7, 11) is 0. The Balaban J connectivity index is 1.78. The summed E-state index contributed by atoms with van der Waals surface area (Å²) in [4.78, 5) is 0. The first kappa shape index (κ1) is 14.5. The lowest BCUT2D eigenvalue weighted by atomic mass is 9.80. The van der Waals surface area contributed by atoms with Gasteiger partial charge in [0.25, 0.3) is 0 Å². The van der Waals surface area contributed by atoms with Gasteiger partial charge in [-0.2, -0.15) is 13.2 Å². The first-order valence-electron chi connectivity index (χ1n) is 6.85. The molecule has 1 N–H and O–H groups in total. The maximum Gasteiger partial charge on any atom is 0.441 e. The number of fused-ring (bicyclic) bond motifs is 1. The third-order valence-corrected chi connectivity index (χ3v) is 5.02. The van der Waals surface area contributed by atoms with Gasteiger partial charge in [-0.3, -0.25) is 0 Å². The van der Waals surface area contributed by atoms with E-state index in [0.717, 1.165) is 44.2 Å². The highest BCUT2D eigenvalue weighted by Crippen LogP contribution is 2.61. The molecule has 0 radical (unpaired) electrons. The largest absolute Gasteiger partial charge is 0.441 e. The van der Waals surface area contributed by atoms with E-state index in [1.807, 2.05) is 0 Å². The predicted octanol–water partition coefficient (Wildman–Crippen LogP) is 4.05. The molecule has 0 aliphatic heterocycles. The van der Waals surface area contributed by atoms with Crippen molar-refractivity contribution in [2.45, 2.75) is 44.5 Å². The maximum atomic E-state index is 12.2. The molecule has 2 aliphatic rings. The minimum atomic E-state index is -4.07. The molecule has 2 saturated carbocycles. The molecule has 106 valence electrons. The average Bonchev–Trinajstić information content (AvgIpc) is 2.86. The Morgan fingerprint density at radius 3 is 2.50 bits per heavy atom. The predicted molar refractivity (Wildman–Crippen MR) is 69.6 cm³/mol. The van der Waals surface area contributed by atoms with Crippen LogP contribution in [0, 0.1) is 17.3 Å². The van der Waals surface area contributed by atoms with Crippen LogP contribution in [0.3, 0.4) is 0 Å². The molecule has 1 nitrogen and oxygen atoms in total. The molecular formula is C13H22F3NS. The maximum absolute atomic E-state index is 12.2. The molecule has 18 heavy (non-hydrogen) atoms. The van der Waals surface area contributed by atoms with Crippen LogP contribution in [0.15, 0.2) is 0 Å². The van der Waals surface area contributed by atoms with Gasteiger partial charge in [0.2, 0.25) is 0 Å². The fourth-order valence-electron chi connectivity index (χ4n) is 3.36. The Hall–Kier alpha value is 0.100. The van der Waals surface area contributed by atoms with Crippen LogP contribution < -0.4 is 5.32 Å². The molecule has 2 atom stereocenters. The molecule has 0 bridgehead atoms. The van der Waals surface area contributed by atoms with E-state index in [1.54, 1.807) is 0 Å². The summed E-state index contributed by atoms with van der Waals surface area (Å²) >= 11 is 0.146. The Kier molecular flexibility index (Phi) is 4.52. The molecule has 0 aromatic carbocycles. The van der Waals surface area contributed by atoms with Crippen molar-refractivity contribution in [3.63, 3.8) is 0 Å². The lowest BCUT2D eigenvalue weighted by molar-refractivity contribution is -0.0329. The van der Waals surface area contributed by atoms with Gasteiger partial charge in [0, 0.05) is 12.3 Å². The van der Waals surface area contributed by atoms with Gasteiger partial charge in [-0.1, -0.05) is 18.7 Å². The van der Waals surface area contributed by atoms with Crippen molar-refractivity contribution in [2.75, 3.05) is 18.8 Å². The van der Waals surface area contributed by atoms with Crippen LogP contribution in [-0.4, -0.2) is 24.4 Å². The number of rotatable bonds is 7. The summed E-state index contributed by atoms with van der Waals surface area (Å²) < 4.78 is 36.6. The quantitative estimate of drug-likeness (QED) is 0.707. The van der Waals surface area contributed by atoms with Gasteiger partial charge in [-0.05, 0) is 55.9 Å². The smallest absolute Gasteiger partial charge is 0.316 e. The molecule has 0 spiro atoms. The van der Waals surface area contributed by atoms with Crippen molar-refractivity contribution < 1.29 is 13.2 Å². The zero-order valence-electron chi connectivity index (χ0n) is 10.9. The first-order chi connectivity index (χ1) is 8.44. The molecule has 0 saturated heterocycles. The summed E-state index contributed by atoms with van der Waals surface area (Å²) in [5, 5.41) is 3.42. The summed E-state index contributed by atoms with van der Waals surface area (Å²) in [6.07, 6.45) is 5.41. The molecule has 0 heterocycles. The van der Waals surface area contributed by atoms with Gasteiger partial charge in [0.15, 0.2) is 0 Å². The van der Waals surface area contributed by atoms with Gasteiger partial charge >= 0.3 is 5.51 Å². The van der Waals surface area contributed by atoms with Gasteiger partial charge in [0.05, 0.1) is 0 Å². The van der Waals surface area contributed by atoms with Crippen molar-refractivity contribution in [2.24, 2.45) is 17.3 Å². The van der Waals surface area contributed by atoms with Crippen LogP contribution in [0.5, 0.6) is 0 Å². The van der Waals surface area contributed by atoms with E-state index in [-0.39, 0.29) is 22.9 Å². The van der Waals surface area contributed by atoms with Gasteiger partial charge in [-0.25, -0.2) is 0 Å². The van der Waals surface area contributed by atoms with Crippen LogP contribution >= 0.6 is 11.8 Å². The van der Waals surface area contributed by atoms with Gasteiger partial charge in [-0.15, -0.1) is 0 Å². The molecule has 2 aliphatic carbocycles. The summed E-state index contributed by atoms with van der Waals surface area (Å²) in [6, 6.07) is 0. The molecule has 0 amide bonds. The standard InChI is InChI=1S/C13H22F3NS/c1-2-4-17-9-12(3-5-18-13(14,15)16)7-10-6-11(10)8-12/h10-11,17H,2-9H2,1H3. The van der Waals surface area contributed by atoms with E-state index in [0.29, 0.717) is 6.42 Å². The zero-order valence-corrected chi connectivity index (χ0v) is 11.7. The lowest BCUT2D eigenvalue weighted by Gasteiger charge is -2.31. The minimum absolute atomic E-state index is 0.146. The molecule has 2 fully saturated rings. The third-order valence-electron chi connectivity index (χ3n) is 4.28. The molecule has 5 heteroatoms. The van der Waals surface area contributed by atoms with E-state index in [1.165, 1.54) is 6.42 Å². The minimum Gasteiger partial charge on any atom is -0.316 e. The lowest BCUT2D eigenvalue weighted by Crippen LogP contribution is -2.34. The van der Waals surface area contributed by atoms with E-state index >= 15 is 0 Å². The van der Waals surface area contributed by atoms with Gasteiger partial charge in [0.1, 0.15) is 0 Å². The Labute approximate surface area is 111 Å². The van der Waals surface area contributed by atoms with Crippen molar-refractivity contribution >= 4 is 11.8 Å². The number of alkyl halides is 3. The van der Waals surface area contributed by atoms with Crippen LogP contribution in [0.25, 0.3) is 0 Å². The van der Waals surface area contributed by atoms with Crippen LogP contribution in [-0.2, 0) is 0 Å². The molecule has 2 unspecified atom stereocenters. The summed E-state index contributed by atoms with van der Waals surface area (Å²) in [5.41, 5.74) is -3.92. The fourth-order valence-corrected chi connectivity index (χ4v) is 4.12. The first-order valence-corrected chi connectivity index (χ1v) is 7.84. The van der Waals surface area contributed by atoms with E-state index in [2.05, 4.69) is 12.2 Å². The van der Waals surface area contributed by atoms with Crippen molar-refractivity contribution in [1.29, 1.82) is 0 Å². The topological polar surface area (TPSA) is 12.0 Å². The average molecular weight is 281 g/mol. The second-order valence-corrected chi connectivity index (χ2v) is 7.04. The third kappa shape index (κ3) is 4.05. The second-order valence-electron chi connectivity index (χ2n) is 5.89. The summed E-state index contributed by atoms with van der Waals surface area (Å²) in [6.45, 7) is 4.00. The fraction of sp³-hybridized carbons (Fsp3) is 1.00. The number of nitrogens with one attached hydrogen (secondary N) is 1. The Morgan fingerprint density at radius 1 is 1.28 bits per heavy atom. The van der Waals surface area contributed by atoms with Gasteiger partial charge < -0.3 is 5.32 Å². The number of hydrogen-bond donors (Lipinski definition) is 1. The molecular weight excluding hydrogens is 259 g/mol. The normalized spacial score (nSPS) is 34.7. The van der Waals surface area contributed by atoms with Crippen LogP contribution in [0.1, 0.15) is 39.0 Å². The van der Waals surface area contributed by atoms with Crippen LogP contribution in [0.4, 0.5) is 13.2 Å². The second kappa shape index (κ2) is 5.61. The highest BCUT2D eigenvalue weighted by Gasteiger charge is 2.53. The number of thioether (sulfide) groups is 1. The van der Waals surface area contributed by atoms with Crippen molar-refractivity contribution in [1.82, 2.24) is 5.32 Å². The van der Waals surface area contributed by atoms with Crippen LogP contribution in [0.2, 0.25) is 0 Å². The Bertz CT molecular complexity index is 270. The number of halogens is 3.